The minimum atomic E-state index is -1.09. The molecule has 0 radical (unpaired) electrons. The molecule has 9 nitrogen and oxygen atoms in total. The number of piperidine rings is 1. The molecule has 2 N–H and O–H groups in total. The van der Waals surface area contributed by atoms with Gasteiger partial charge in [0.05, 0.1) is 4.92 Å². The van der Waals surface area contributed by atoms with Crippen LogP contribution in [0.15, 0.2) is 35.5 Å². The zero-order chi connectivity index (χ0) is 18.5. The summed E-state index contributed by atoms with van der Waals surface area (Å²) in [4.78, 5) is 19.6. The van der Waals surface area contributed by atoms with Gasteiger partial charge >= 0.3 is 5.69 Å². The van der Waals surface area contributed by atoms with Crippen molar-refractivity contribution in [3.8, 4) is 5.88 Å². The van der Waals surface area contributed by atoms with E-state index in [0.29, 0.717) is 10.6 Å². The molecule has 2 aromatic rings. The number of hydrogen-bond acceptors (Lipinski definition) is 8. The van der Waals surface area contributed by atoms with Gasteiger partial charge in [-0.1, -0.05) is 0 Å². The van der Waals surface area contributed by atoms with Crippen molar-refractivity contribution in [3.05, 3.63) is 40.7 Å². The molecule has 1 aromatic heterocycles. The zero-order valence-corrected chi connectivity index (χ0v) is 15.0. The van der Waals surface area contributed by atoms with Gasteiger partial charge in [-0.3, -0.25) is 14.3 Å². The minimum absolute atomic E-state index is 0.0364. The first-order valence-corrected chi connectivity index (χ1v) is 9.67. The van der Waals surface area contributed by atoms with Crippen LogP contribution < -0.4 is 15.4 Å². The Bertz CT molecular complexity index is 809. The molecule has 0 spiro atoms. The molecule has 1 aromatic carbocycles. The van der Waals surface area contributed by atoms with E-state index in [4.69, 9.17) is 4.74 Å². The average Bonchev–Trinajstić information content (AvgIpc) is 2.63. The van der Waals surface area contributed by atoms with Crippen LogP contribution in [0.2, 0.25) is 0 Å². The van der Waals surface area contributed by atoms with Crippen molar-refractivity contribution >= 4 is 28.0 Å². The molecule has 26 heavy (non-hydrogen) atoms. The van der Waals surface area contributed by atoms with Gasteiger partial charge in [0.25, 0.3) is 5.88 Å². The summed E-state index contributed by atoms with van der Waals surface area (Å²) >= 11 is 0. The fourth-order valence-electron chi connectivity index (χ4n) is 2.64. The first kappa shape index (κ1) is 18.2. The van der Waals surface area contributed by atoms with Crippen LogP contribution >= 0.6 is 0 Å². The lowest BCUT2D eigenvalue weighted by atomic mass is 10.1. The predicted molar refractivity (Wildman–Crippen MR) is 97.3 cm³/mol. The second-order valence-corrected chi connectivity index (χ2v) is 7.18. The molecule has 0 amide bonds. The average molecular weight is 377 g/mol. The summed E-state index contributed by atoms with van der Waals surface area (Å²) in [5, 5.41) is 17.7. The molecule has 0 bridgehead atoms. The molecule has 138 valence electrons. The first-order chi connectivity index (χ1) is 12.5. The summed E-state index contributed by atoms with van der Waals surface area (Å²) in [7, 11) is -1.09. The number of hydrogen-bond donors (Lipinski definition) is 2. The van der Waals surface area contributed by atoms with E-state index in [2.05, 4.69) is 20.6 Å². The number of anilines is 2. The molecule has 1 aliphatic heterocycles. The van der Waals surface area contributed by atoms with Crippen molar-refractivity contribution in [2.75, 3.05) is 24.7 Å². The fourth-order valence-corrected chi connectivity index (χ4v) is 3.16. The first-order valence-electron chi connectivity index (χ1n) is 8.12. The Labute approximate surface area is 152 Å². The van der Waals surface area contributed by atoms with Gasteiger partial charge in [0.15, 0.2) is 0 Å². The lowest BCUT2D eigenvalue weighted by molar-refractivity contribution is -0.385. The smallest absolute Gasteiger partial charge is 0.373 e. The number of benzene rings is 1. The Morgan fingerprint density at radius 2 is 1.96 bits per heavy atom. The number of ether oxygens (including phenoxy) is 1. The van der Waals surface area contributed by atoms with Crippen molar-refractivity contribution in [3.63, 3.8) is 0 Å². The van der Waals surface area contributed by atoms with E-state index in [0.717, 1.165) is 25.9 Å². The maximum atomic E-state index is 11.6. The second-order valence-electron chi connectivity index (χ2n) is 5.80. The van der Waals surface area contributed by atoms with Crippen molar-refractivity contribution in [1.29, 1.82) is 0 Å². The Morgan fingerprint density at radius 3 is 2.58 bits per heavy atom. The third kappa shape index (κ3) is 4.33. The number of nitrogens with one attached hydrogen (secondary N) is 2. The summed E-state index contributed by atoms with van der Waals surface area (Å²) in [6.07, 6.45) is 4.24. The molecule has 1 unspecified atom stereocenters. The number of aromatic nitrogens is 2. The van der Waals surface area contributed by atoms with Gasteiger partial charge in [-0.25, -0.2) is 4.98 Å². The Hall–Kier alpha value is -2.59. The van der Waals surface area contributed by atoms with Gasteiger partial charge in [-0.05, 0) is 50.2 Å². The molecule has 3 rings (SSSR count). The Morgan fingerprint density at radius 1 is 1.27 bits per heavy atom. The van der Waals surface area contributed by atoms with E-state index in [1.165, 1.54) is 6.33 Å². The molecular weight excluding hydrogens is 358 g/mol. The molecule has 1 aliphatic rings. The molecule has 1 saturated heterocycles. The highest BCUT2D eigenvalue weighted by Crippen LogP contribution is 2.34. The van der Waals surface area contributed by atoms with E-state index < -0.39 is 15.7 Å². The molecule has 0 saturated carbocycles. The van der Waals surface area contributed by atoms with Crippen LogP contribution in [-0.4, -0.2) is 44.5 Å². The third-order valence-electron chi connectivity index (χ3n) is 3.98. The summed E-state index contributed by atoms with van der Waals surface area (Å²) in [5.74, 6) is 0.0185. The summed E-state index contributed by atoms with van der Waals surface area (Å²) < 4.78 is 17.2. The SMILES string of the molecule is CS(=O)c1ccc(Nc2ncnc(OC3CCNCC3)c2[N+](=O)[O-])cc1. The molecule has 1 fully saturated rings. The van der Waals surface area contributed by atoms with Gasteiger partial charge in [0.2, 0.25) is 5.82 Å². The monoisotopic (exact) mass is 377 g/mol. The topological polar surface area (TPSA) is 119 Å². The molecule has 10 heteroatoms. The zero-order valence-electron chi connectivity index (χ0n) is 14.2. The highest BCUT2D eigenvalue weighted by atomic mass is 32.2. The maximum Gasteiger partial charge on any atom is 0.373 e. The van der Waals surface area contributed by atoms with Gasteiger partial charge in [0, 0.05) is 27.6 Å². The van der Waals surface area contributed by atoms with Crippen molar-refractivity contribution < 1.29 is 13.9 Å². The quantitative estimate of drug-likeness (QED) is 0.579. The van der Waals surface area contributed by atoms with E-state index in [1.54, 1.807) is 30.5 Å². The number of rotatable bonds is 6. The van der Waals surface area contributed by atoms with E-state index >= 15 is 0 Å². The predicted octanol–water partition coefficient (Wildman–Crippen LogP) is 2.00. The largest absolute Gasteiger partial charge is 0.469 e. The fraction of sp³-hybridized carbons (Fsp3) is 0.375. The molecule has 1 atom stereocenters. The van der Waals surface area contributed by atoms with Crippen LogP contribution in [0.3, 0.4) is 0 Å². The normalized spacial score (nSPS) is 16.0. The van der Waals surface area contributed by atoms with Crippen LogP contribution in [0.1, 0.15) is 12.8 Å². The summed E-state index contributed by atoms with van der Waals surface area (Å²) in [5.41, 5.74) is 0.294. The summed E-state index contributed by atoms with van der Waals surface area (Å²) in [6.45, 7) is 1.61. The van der Waals surface area contributed by atoms with Crippen LogP contribution in [0.5, 0.6) is 5.88 Å². The highest BCUT2D eigenvalue weighted by molar-refractivity contribution is 7.84. The van der Waals surface area contributed by atoms with Crippen LogP contribution in [0.4, 0.5) is 17.2 Å². The number of nitro groups is 1. The number of nitrogens with zero attached hydrogens (tertiary/aromatic N) is 3. The lowest BCUT2D eigenvalue weighted by Gasteiger charge is -2.23. The Kier molecular flexibility index (Phi) is 5.74. The van der Waals surface area contributed by atoms with Crippen LogP contribution in [0.25, 0.3) is 0 Å². The van der Waals surface area contributed by atoms with Crippen LogP contribution in [-0.2, 0) is 10.8 Å². The van der Waals surface area contributed by atoms with Crippen LogP contribution in [0, 0.1) is 10.1 Å². The van der Waals surface area contributed by atoms with E-state index in [1.807, 2.05) is 0 Å². The Balaban J connectivity index is 1.85. The van der Waals surface area contributed by atoms with Gasteiger partial charge in [-0.15, -0.1) is 0 Å². The third-order valence-corrected chi connectivity index (χ3v) is 4.92. The van der Waals surface area contributed by atoms with E-state index in [-0.39, 0.29) is 23.5 Å². The van der Waals surface area contributed by atoms with E-state index in [9.17, 15) is 14.3 Å². The summed E-state index contributed by atoms with van der Waals surface area (Å²) in [6, 6.07) is 6.77. The highest BCUT2D eigenvalue weighted by Gasteiger charge is 2.27. The van der Waals surface area contributed by atoms with Crippen molar-refractivity contribution in [1.82, 2.24) is 15.3 Å². The standard InChI is InChI=1S/C16H19N5O4S/c1-26(24)13-4-2-11(3-5-13)20-15-14(21(22)23)16(19-10-18-15)25-12-6-8-17-9-7-12/h2-5,10,12,17H,6-9H2,1H3,(H,18,19,20). The van der Waals surface area contributed by atoms with Gasteiger partial charge < -0.3 is 15.4 Å². The van der Waals surface area contributed by atoms with Gasteiger partial charge in [0.1, 0.15) is 12.4 Å². The second kappa shape index (κ2) is 8.19. The van der Waals surface area contributed by atoms with Gasteiger partial charge in [-0.2, -0.15) is 4.98 Å². The van der Waals surface area contributed by atoms with Crippen molar-refractivity contribution in [2.24, 2.45) is 0 Å². The lowest BCUT2D eigenvalue weighted by Crippen LogP contribution is -2.34. The van der Waals surface area contributed by atoms with Crippen molar-refractivity contribution in [2.45, 2.75) is 23.8 Å². The molecular formula is C16H19N5O4S. The molecule has 2 heterocycles. The molecule has 0 aliphatic carbocycles. The maximum absolute atomic E-state index is 11.6. The minimum Gasteiger partial charge on any atom is -0.469 e.